The molecule has 0 spiro atoms. The Bertz CT molecular complexity index is 941. The lowest BCUT2D eigenvalue weighted by atomic mass is 9.94. The number of piperidine rings is 1. The van der Waals surface area contributed by atoms with E-state index in [9.17, 15) is 4.79 Å². The third-order valence-corrected chi connectivity index (χ3v) is 5.18. The van der Waals surface area contributed by atoms with E-state index in [1.807, 2.05) is 24.3 Å². The van der Waals surface area contributed by atoms with Crippen LogP contribution in [0.1, 0.15) is 24.8 Å². The number of carbonyl (C=O) groups excluding carboxylic acids is 1. The Morgan fingerprint density at radius 3 is 3.03 bits per heavy atom. The average molecular weight is 395 g/mol. The van der Waals surface area contributed by atoms with Crippen molar-refractivity contribution >= 4 is 23.2 Å². The van der Waals surface area contributed by atoms with E-state index in [0.29, 0.717) is 42.5 Å². The molecule has 1 atom stereocenters. The third kappa shape index (κ3) is 4.64. The molecule has 1 N–H and O–H groups in total. The van der Waals surface area contributed by atoms with Crippen molar-refractivity contribution in [1.82, 2.24) is 20.3 Å². The minimum atomic E-state index is 0.0685. The molecule has 1 saturated heterocycles. The number of pyridine rings is 2. The molecule has 1 fully saturated rings. The summed E-state index contributed by atoms with van der Waals surface area (Å²) in [6.07, 6.45) is 6.63. The molecule has 0 saturated carbocycles. The lowest BCUT2D eigenvalue weighted by Crippen LogP contribution is -2.38. The maximum atomic E-state index is 12.4. The molecule has 1 aliphatic heterocycles. The van der Waals surface area contributed by atoms with Crippen molar-refractivity contribution in [2.45, 2.75) is 25.7 Å². The van der Waals surface area contributed by atoms with Gasteiger partial charge in [-0.3, -0.25) is 4.79 Å². The normalized spacial score (nSPS) is 16.7. The van der Waals surface area contributed by atoms with Gasteiger partial charge in [0.05, 0.1) is 7.11 Å². The number of amides is 1. The molecule has 1 unspecified atom stereocenters. The summed E-state index contributed by atoms with van der Waals surface area (Å²) in [4.78, 5) is 27.4. The van der Waals surface area contributed by atoms with E-state index >= 15 is 0 Å². The van der Waals surface area contributed by atoms with E-state index in [1.54, 1.807) is 19.5 Å². The van der Waals surface area contributed by atoms with Gasteiger partial charge in [0.1, 0.15) is 0 Å². The fourth-order valence-electron chi connectivity index (χ4n) is 3.77. The maximum Gasteiger partial charge on any atom is 0.299 e. The fraction of sp³-hybridized carbons (Fsp3) is 0.429. The molecule has 4 rings (SSSR count). The largest absolute Gasteiger partial charge is 0.481 e. The molecule has 1 aliphatic rings. The number of carbonyl (C=O) groups is 1. The summed E-state index contributed by atoms with van der Waals surface area (Å²) in [6.45, 7) is 2.20. The molecule has 3 aromatic rings. The summed E-state index contributed by atoms with van der Waals surface area (Å²) in [5, 5.41) is 3.02. The highest BCUT2D eigenvalue weighted by Gasteiger charge is 2.25. The van der Waals surface area contributed by atoms with Gasteiger partial charge in [0.25, 0.3) is 6.01 Å². The number of methoxy groups -OCH3 is 1. The third-order valence-electron chi connectivity index (χ3n) is 5.18. The second-order valence-electron chi connectivity index (χ2n) is 7.25. The van der Waals surface area contributed by atoms with Crippen molar-refractivity contribution in [1.29, 1.82) is 0 Å². The zero-order chi connectivity index (χ0) is 20.1. The summed E-state index contributed by atoms with van der Waals surface area (Å²) in [7, 11) is 1.60. The van der Waals surface area contributed by atoms with E-state index in [2.05, 4.69) is 25.2 Å². The van der Waals surface area contributed by atoms with Gasteiger partial charge in [0, 0.05) is 44.0 Å². The zero-order valence-electron chi connectivity index (χ0n) is 16.5. The molecular weight excluding hydrogens is 370 g/mol. The Morgan fingerprint density at radius 1 is 1.31 bits per heavy atom. The fourth-order valence-corrected chi connectivity index (χ4v) is 3.77. The molecule has 0 aromatic carbocycles. The first kappa shape index (κ1) is 19.2. The number of aromatic nitrogens is 3. The van der Waals surface area contributed by atoms with Crippen LogP contribution in [0.2, 0.25) is 0 Å². The van der Waals surface area contributed by atoms with Gasteiger partial charge in [0.15, 0.2) is 5.58 Å². The molecule has 0 aliphatic carbocycles. The SMILES string of the molecule is COc1ncccc1CCNC(=O)CC1CCCN(c2nc3ncccc3o2)C1. The molecule has 1 amide bonds. The lowest BCUT2D eigenvalue weighted by molar-refractivity contribution is -0.122. The van der Waals surface area contributed by atoms with Crippen molar-refractivity contribution in [2.75, 3.05) is 31.6 Å². The van der Waals surface area contributed by atoms with Crippen LogP contribution in [0, 0.1) is 5.92 Å². The predicted octanol–water partition coefficient (Wildman–Crippen LogP) is 2.59. The minimum Gasteiger partial charge on any atom is -0.481 e. The van der Waals surface area contributed by atoms with Gasteiger partial charge in [0.2, 0.25) is 17.4 Å². The Morgan fingerprint density at radius 2 is 2.17 bits per heavy atom. The van der Waals surface area contributed by atoms with Gasteiger partial charge in [-0.1, -0.05) is 6.07 Å². The van der Waals surface area contributed by atoms with Gasteiger partial charge in [-0.15, -0.1) is 0 Å². The quantitative estimate of drug-likeness (QED) is 0.657. The Hall–Kier alpha value is -3.16. The Kier molecular flexibility index (Phi) is 5.88. The number of oxazole rings is 1. The minimum absolute atomic E-state index is 0.0685. The summed E-state index contributed by atoms with van der Waals surface area (Å²) in [5.74, 6) is 0.955. The zero-order valence-corrected chi connectivity index (χ0v) is 16.5. The van der Waals surface area contributed by atoms with Crippen molar-refractivity contribution in [3.63, 3.8) is 0 Å². The van der Waals surface area contributed by atoms with Crippen LogP contribution in [0.5, 0.6) is 5.88 Å². The molecule has 3 aromatic heterocycles. The second kappa shape index (κ2) is 8.89. The van der Waals surface area contributed by atoms with Crippen LogP contribution >= 0.6 is 0 Å². The van der Waals surface area contributed by atoms with Gasteiger partial charge >= 0.3 is 0 Å². The van der Waals surface area contributed by atoms with E-state index in [0.717, 1.165) is 31.5 Å². The highest BCUT2D eigenvalue weighted by atomic mass is 16.5. The number of hydrogen-bond donors (Lipinski definition) is 1. The van der Waals surface area contributed by atoms with Crippen molar-refractivity contribution in [3.8, 4) is 5.88 Å². The van der Waals surface area contributed by atoms with Crippen LogP contribution in [0.3, 0.4) is 0 Å². The number of nitrogens with zero attached hydrogens (tertiary/aromatic N) is 4. The van der Waals surface area contributed by atoms with Crippen molar-refractivity contribution in [3.05, 3.63) is 42.2 Å². The van der Waals surface area contributed by atoms with Gasteiger partial charge in [-0.05, 0) is 43.4 Å². The van der Waals surface area contributed by atoms with Gasteiger partial charge < -0.3 is 19.4 Å². The van der Waals surface area contributed by atoms with Gasteiger partial charge in [-0.2, -0.15) is 4.98 Å². The monoisotopic (exact) mass is 395 g/mol. The Labute approximate surface area is 169 Å². The van der Waals surface area contributed by atoms with Crippen molar-refractivity contribution < 1.29 is 13.9 Å². The molecule has 0 bridgehead atoms. The number of anilines is 1. The standard InChI is InChI=1S/C21H25N5O3/c1-28-20-16(6-2-10-24-20)8-11-22-18(27)13-15-5-4-12-26(14-15)21-25-19-17(29-21)7-3-9-23-19/h2-3,6-7,9-10,15H,4-5,8,11-14H2,1H3,(H,22,27). The summed E-state index contributed by atoms with van der Waals surface area (Å²) in [5.41, 5.74) is 2.30. The van der Waals surface area contributed by atoms with E-state index in [1.165, 1.54) is 0 Å². The highest BCUT2D eigenvalue weighted by molar-refractivity contribution is 5.76. The lowest BCUT2D eigenvalue weighted by Gasteiger charge is -2.31. The van der Waals surface area contributed by atoms with Crippen LogP contribution in [-0.4, -0.2) is 47.6 Å². The second-order valence-corrected chi connectivity index (χ2v) is 7.25. The number of rotatable bonds is 7. The number of fused-ring (bicyclic) bond motifs is 1. The van der Waals surface area contributed by atoms with Crippen LogP contribution in [-0.2, 0) is 11.2 Å². The van der Waals surface area contributed by atoms with Crippen LogP contribution < -0.4 is 15.0 Å². The highest BCUT2D eigenvalue weighted by Crippen LogP contribution is 2.26. The molecule has 152 valence electrons. The maximum absolute atomic E-state index is 12.4. The smallest absolute Gasteiger partial charge is 0.299 e. The van der Waals surface area contributed by atoms with E-state index < -0.39 is 0 Å². The molecule has 0 radical (unpaired) electrons. The number of nitrogens with one attached hydrogen (secondary N) is 1. The number of ether oxygens (including phenoxy) is 1. The number of hydrogen-bond acceptors (Lipinski definition) is 7. The van der Waals surface area contributed by atoms with E-state index in [-0.39, 0.29) is 11.8 Å². The average Bonchev–Trinajstić information content (AvgIpc) is 3.19. The first-order valence-electron chi connectivity index (χ1n) is 9.94. The molecule has 29 heavy (non-hydrogen) atoms. The molecule has 8 nitrogen and oxygen atoms in total. The summed E-state index contributed by atoms with van der Waals surface area (Å²) in [6, 6.07) is 8.13. The van der Waals surface area contributed by atoms with E-state index in [4.69, 9.17) is 9.15 Å². The van der Waals surface area contributed by atoms with Crippen molar-refractivity contribution in [2.24, 2.45) is 5.92 Å². The van der Waals surface area contributed by atoms with Crippen LogP contribution in [0.25, 0.3) is 11.2 Å². The Balaban J connectivity index is 1.28. The molecule has 4 heterocycles. The topological polar surface area (TPSA) is 93.4 Å². The van der Waals surface area contributed by atoms with Gasteiger partial charge in [-0.25, -0.2) is 9.97 Å². The first-order valence-corrected chi connectivity index (χ1v) is 9.94. The summed E-state index contributed by atoms with van der Waals surface area (Å²) < 4.78 is 11.1. The molecule has 8 heteroatoms. The molecular formula is C21H25N5O3. The predicted molar refractivity (Wildman–Crippen MR) is 109 cm³/mol. The van der Waals surface area contributed by atoms with Crippen LogP contribution in [0.15, 0.2) is 41.1 Å². The summed E-state index contributed by atoms with van der Waals surface area (Å²) >= 11 is 0. The van der Waals surface area contributed by atoms with Crippen LogP contribution in [0.4, 0.5) is 6.01 Å². The first-order chi connectivity index (χ1) is 14.2.